The average Bonchev–Trinajstić information content (AvgIpc) is 2.81. The summed E-state index contributed by atoms with van der Waals surface area (Å²) >= 11 is 0. The third-order valence-electron chi connectivity index (χ3n) is 4.09. The van der Waals surface area contributed by atoms with Crippen LogP contribution < -0.4 is 0 Å². The Hall–Kier alpha value is -1.95. The fraction of sp³-hybridized carbons (Fsp3) is 0.533. The molecule has 0 aromatic carbocycles. The van der Waals surface area contributed by atoms with Crippen molar-refractivity contribution in [2.24, 2.45) is 0 Å². The van der Waals surface area contributed by atoms with E-state index in [1.54, 1.807) is 12.3 Å². The highest BCUT2D eigenvalue weighted by atomic mass is 16.5. The van der Waals surface area contributed by atoms with Gasteiger partial charge in [-0.1, -0.05) is 5.16 Å². The molecule has 0 aliphatic heterocycles. The van der Waals surface area contributed by atoms with E-state index < -0.39 is 0 Å². The molecule has 1 aliphatic rings. The Balaban J connectivity index is 1.87. The van der Waals surface area contributed by atoms with E-state index >= 15 is 0 Å². The van der Waals surface area contributed by atoms with Gasteiger partial charge < -0.3 is 14.5 Å². The number of aromatic nitrogens is 2. The summed E-state index contributed by atoms with van der Waals surface area (Å²) in [7, 11) is 0. The summed E-state index contributed by atoms with van der Waals surface area (Å²) in [6, 6.07) is 2.09. The van der Waals surface area contributed by atoms with E-state index in [0.29, 0.717) is 30.3 Å². The molecule has 2 aromatic rings. The van der Waals surface area contributed by atoms with Gasteiger partial charge >= 0.3 is 0 Å². The fourth-order valence-corrected chi connectivity index (χ4v) is 2.62. The minimum Gasteiger partial charge on any atom is -0.396 e. The Morgan fingerprint density at radius 2 is 2.33 bits per heavy atom. The molecule has 2 heterocycles. The lowest BCUT2D eigenvalue weighted by Gasteiger charge is -2.37. The Kier molecular flexibility index (Phi) is 3.88. The standard InChI is InChI=1S/C15H19N3O3/c1-10-13-8-11(9-16-14(13)21-17-10)15(20)18(6-3-7-19)12-4-2-5-12/h8-9,12,19H,2-7H2,1H3. The topological polar surface area (TPSA) is 79.5 Å². The summed E-state index contributed by atoms with van der Waals surface area (Å²) in [4.78, 5) is 18.7. The van der Waals surface area contributed by atoms with E-state index in [-0.39, 0.29) is 12.5 Å². The second-order valence-electron chi connectivity index (χ2n) is 5.51. The number of amides is 1. The zero-order valence-corrected chi connectivity index (χ0v) is 12.1. The van der Waals surface area contributed by atoms with E-state index in [4.69, 9.17) is 9.63 Å². The van der Waals surface area contributed by atoms with Crippen molar-refractivity contribution in [3.63, 3.8) is 0 Å². The molecule has 0 spiro atoms. The molecule has 0 radical (unpaired) electrons. The second-order valence-corrected chi connectivity index (χ2v) is 5.51. The summed E-state index contributed by atoms with van der Waals surface area (Å²) < 4.78 is 5.07. The first-order chi connectivity index (χ1) is 10.2. The molecular weight excluding hydrogens is 270 g/mol. The van der Waals surface area contributed by atoms with Gasteiger partial charge in [0.05, 0.1) is 16.6 Å². The number of aryl methyl sites for hydroxylation is 1. The molecule has 1 aliphatic carbocycles. The van der Waals surface area contributed by atoms with Gasteiger partial charge in [0.25, 0.3) is 11.6 Å². The molecular formula is C15H19N3O3. The number of aliphatic hydroxyl groups excluding tert-OH is 1. The average molecular weight is 289 g/mol. The van der Waals surface area contributed by atoms with E-state index in [2.05, 4.69) is 10.1 Å². The Labute approximate surface area is 122 Å². The Morgan fingerprint density at radius 1 is 1.52 bits per heavy atom. The maximum absolute atomic E-state index is 12.7. The highest BCUT2D eigenvalue weighted by Crippen LogP contribution is 2.27. The van der Waals surface area contributed by atoms with Crippen molar-refractivity contribution in [2.45, 2.75) is 38.6 Å². The van der Waals surface area contributed by atoms with Crippen molar-refractivity contribution in [2.75, 3.05) is 13.2 Å². The van der Waals surface area contributed by atoms with Gasteiger partial charge in [-0.05, 0) is 38.7 Å². The zero-order valence-electron chi connectivity index (χ0n) is 12.1. The van der Waals surface area contributed by atoms with Crippen LogP contribution in [0.4, 0.5) is 0 Å². The summed E-state index contributed by atoms with van der Waals surface area (Å²) in [5.74, 6) is -0.0249. The molecule has 0 saturated heterocycles. The van der Waals surface area contributed by atoms with Crippen LogP contribution in [-0.2, 0) is 0 Å². The predicted octanol–water partition coefficient (Wildman–Crippen LogP) is 1.91. The van der Waals surface area contributed by atoms with E-state index in [9.17, 15) is 4.79 Å². The van der Waals surface area contributed by atoms with E-state index in [1.807, 2.05) is 11.8 Å². The zero-order chi connectivity index (χ0) is 14.8. The minimum absolute atomic E-state index is 0.0249. The summed E-state index contributed by atoms with van der Waals surface area (Å²) in [5.41, 5.74) is 1.74. The highest BCUT2D eigenvalue weighted by Gasteiger charge is 2.29. The monoisotopic (exact) mass is 289 g/mol. The van der Waals surface area contributed by atoms with Crippen LogP contribution in [0, 0.1) is 6.92 Å². The first kappa shape index (κ1) is 14.0. The van der Waals surface area contributed by atoms with Crippen molar-refractivity contribution in [3.8, 4) is 0 Å². The molecule has 1 fully saturated rings. The quantitative estimate of drug-likeness (QED) is 0.909. The molecule has 21 heavy (non-hydrogen) atoms. The van der Waals surface area contributed by atoms with Gasteiger partial charge in [-0.3, -0.25) is 4.79 Å². The highest BCUT2D eigenvalue weighted by molar-refractivity contribution is 5.97. The third-order valence-corrected chi connectivity index (χ3v) is 4.09. The molecule has 0 bridgehead atoms. The number of nitrogens with zero attached hydrogens (tertiary/aromatic N) is 3. The summed E-state index contributed by atoms with van der Waals surface area (Å²) in [6.45, 7) is 2.51. The van der Waals surface area contributed by atoms with Crippen molar-refractivity contribution in [1.29, 1.82) is 0 Å². The van der Waals surface area contributed by atoms with E-state index in [0.717, 1.165) is 30.3 Å². The van der Waals surface area contributed by atoms with Crippen LogP contribution in [0.2, 0.25) is 0 Å². The van der Waals surface area contributed by atoms with Crippen molar-refractivity contribution >= 4 is 17.0 Å². The summed E-state index contributed by atoms with van der Waals surface area (Å²) in [5, 5.41) is 13.7. The smallest absolute Gasteiger partial charge is 0.257 e. The van der Waals surface area contributed by atoms with Crippen LogP contribution in [0.25, 0.3) is 11.1 Å². The molecule has 0 atom stereocenters. The van der Waals surface area contributed by atoms with Crippen LogP contribution in [0.5, 0.6) is 0 Å². The first-order valence-electron chi connectivity index (χ1n) is 7.34. The first-order valence-corrected chi connectivity index (χ1v) is 7.34. The number of hydrogen-bond donors (Lipinski definition) is 1. The lowest BCUT2D eigenvalue weighted by molar-refractivity contribution is 0.0562. The van der Waals surface area contributed by atoms with Crippen molar-refractivity contribution in [1.82, 2.24) is 15.0 Å². The van der Waals surface area contributed by atoms with Gasteiger partial charge in [-0.25, -0.2) is 4.98 Å². The molecule has 112 valence electrons. The molecule has 6 nitrogen and oxygen atoms in total. The van der Waals surface area contributed by atoms with Crippen LogP contribution in [-0.4, -0.2) is 45.2 Å². The molecule has 2 aromatic heterocycles. The van der Waals surface area contributed by atoms with Crippen LogP contribution in [0.3, 0.4) is 0 Å². The number of hydrogen-bond acceptors (Lipinski definition) is 5. The Morgan fingerprint density at radius 3 is 3.00 bits per heavy atom. The van der Waals surface area contributed by atoms with Crippen LogP contribution >= 0.6 is 0 Å². The third kappa shape index (κ3) is 2.63. The largest absolute Gasteiger partial charge is 0.396 e. The SMILES string of the molecule is Cc1noc2ncc(C(=O)N(CCCO)C3CCC3)cc12. The predicted molar refractivity (Wildman–Crippen MR) is 76.9 cm³/mol. The van der Waals surface area contributed by atoms with Gasteiger partial charge in [0.15, 0.2) is 0 Å². The van der Waals surface area contributed by atoms with Crippen molar-refractivity contribution in [3.05, 3.63) is 23.5 Å². The number of aliphatic hydroxyl groups is 1. The normalized spacial score (nSPS) is 15.1. The molecule has 1 amide bonds. The second kappa shape index (κ2) is 5.81. The van der Waals surface area contributed by atoms with Gasteiger partial charge in [0.2, 0.25) is 0 Å². The van der Waals surface area contributed by atoms with Crippen molar-refractivity contribution < 1.29 is 14.4 Å². The maximum atomic E-state index is 12.7. The number of fused-ring (bicyclic) bond motifs is 1. The number of carbonyl (C=O) groups is 1. The molecule has 0 unspecified atom stereocenters. The molecule has 1 saturated carbocycles. The Bertz CT molecular complexity index is 649. The maximum Gasteiger partial charge on any atom is 0.257 e. The molecule has 3 rings (SSSR count). The van der Waals surface area contributed by atoms with E-state index in [1.165, 1.54) is 0 Å². The molecule has 6 heteroatoms. The van der Waals surface area contributed by atoms with Crippen LogP contribution in [0.1, 0.15) is 41.7 Å². The minimum atomic E-state index is -0.0249. The summed E-state index contributed by atoms with van der Waals surface area (Å²) in [6.07, 6.45) is 5.39. The number of rotatable bonds is 5. The van der Waals surface area contributed by atoms with Gasteiger partial charge in [0.1, 0.15) is 0 Å². The van der Waals surface area contributed by atoms with Gasteiger partial charge in [-0.15, -0.1) is 0 Å². The van der Waals surface area contributed by atoms with Crippen LogP contribution in [0.15, 0.2) is 16.8 Å². The van der Waals surface area contributed by atoms with Gasteiger partial charge in [0, 0.05) is 25.4 Å². The van der Waals surface area contributed by atoms with Gasteiger partial charge in [-0.2, -0.15) is 0 Å². The number of carbonyl (C=O) groups excluding carboxylic acids is 1. The number of pyridine rings is 1. The lowest BCUT2D eigenvalue weighted by atomic mass is 9.91. The lowest BCUT2D eigenvalue weighted by Crippen LogP contribution is -2.45. The fourth-order valence-electron chi connectivity index (χ4n) is 2.62. The molecule has 1 N–H and O–H groups in total.